The smallest absolute Gasteiger partial charge is 0.255 e. The Hall–Kier alpha value is -2.82. The van der Waals surface area contributed by atoms with E-state index >= 15 is 0 Å². The second-order valence-corrected chi connectivity index (χ2v) is 5.13. The van der Waals surface area contributed by atoms with Crippen molar-refractivity contribution < 1.29 is 14.3 Å². The van der Waals surface area contributed by atoms with Gasteiger partial charge in [0.1, 0.15) is 5.75 Å². The van der Waals surface area contributed by atoms with E-state index < -0.39 is 0 Å². The molecule has 2 aromatic carbocycles. The zero-order chi connectivity index (χ0) is 15.5. The van der Waals surface area contributed by atoms with Crippen LogP contribution in [0.1, 0.15) is 22.3 Å². The van der Waals surface area contributed by atoms with Crippen LogP contribution >= 0.6 is 0 Å². The minimum atomic E-state index is -0.182. The maximum Gasteiger partial charge on any atom is 0.255 e. The highest BCUT2D eigenvalue weighted by Crippen LogP contribution is 2.30. The standard InChI is InChI=1S/C17H16N2O3/c1-11-4-2-3-5-13(11)17(21)18-12-6-7-15-14(10-12)19-16(20)8-9-22-15/h2-7,10H,8-9H2,1H3,(H,18,21)(H,19,20). The maximum atomic E-state index is 12.3. The number of carbonyl (C=O) groups excluding carboxylic acids is 2. The first-order valence-corrected chi connectivity index (χ1v) is 7.07. The van der Waals surface area contributed by atoms with Crippen molar-refractivity contribution >= 4 is 23.2 Å². The molecule has 0 saturated heterocycles. The third-order valence-corrected chi connectivity index (χ3v) is 3.49. The van der Waals surface area contributed by atoms with Crippen molar-refractivity contribution in [2.75, 3.05) is 17.2 Å². The Bertz CT molecular complexity index is 740. The molecule has 0 saturated carbocycles. The lowest BCUT2D eigenvalue weighted by Crippen LogP contribution is -2.14. The number of benzene rings is 2. The van der Waals surface area contributed by atoms with Crippen LogP contribution in [-0.4, -0.2) is 18.4 Å². The molecular weight excluding hydrogens is 280 g/mol. The Morgan fingerprint density at radius 1 is 1.23 bits per heavy atom. The quantitative estimate of drug-likeness (QED) is 0.895. The van der Waals surface area contributed by atoms with Crippen molar-refractivity contribution in [3.05, 3.63) is 53.6 Å². The van der Waals surface area contributed by atoms with Gasteiger partial charge in [-0.2, -0.15) is 0 Å². The second-order valence-electron chi connectivity index (χ2n) is 5.13. The number of anilines is 2. The van der Waals surface area contributed by atoms with Crippen LogP contribution in [0, 0.1) is 6.92 Å². The predicted octanol–water partition coefficient (Wildman–Crippen LogP) is 2.97. The average Bonchev–Trinajstić information content (AvgIpc) is 2.67. The summed E-state index contributed by atoms with van der Waals surface area (Å²) in [6, 6.07) is 12.6. The highest BCUT2D eigenvalue weighted by Gasteiger charge is 2.15. The molecule has 2 aromatic rings. The molecule has 0 spiro atoms. The molecule has 5 heteroatoms. The Morgan fingerprint density at radius 3 is 2.86 bits per heavy atom. The zero-order valence-electron chi connectivity index (χ0n) is 12.2. The van der Waals surface area contributed by atoms with Crippen LogP contribution in [-0.2, 0) is 4.79 Å². The topological polar surface area (TPSA) is 67.4 Å². The Morgan fingerprint density at radius 2 is 2.05 bits per heavy atom. The minimum Gasteiger partial charge on any atom is -0.491 e. The van der Waals surface area contributed by atoms with Crippen molar-refractivity contribution in [3.63, 3.8) is 0 Å². The summed E-state index contributed by atoms with van der Waals surface area (Å²) in [5.41, 5.74) is 2.71. The van der Waals surface area contributed by atoms with E-state index in [-0.39, 0.29) is 11.8 Å². The SMILES string of the molecule is Cc1ccccc1C(=O)Nc1ccc2c(c1)NC(=O)CCO2. The Labute approximate surface area is 128 Å². The highest BCUT2D eigenvalue weighted by atomic mass is 16.5. The average molecular weight is 296 g/mol. The van der Waals surface area contributed by atoms with E-state index in [1.807, 2.05) is 25.1 Å². The molecule has 112 valence electrons. The lowest BCUT2D eigenvalue weighted by molar-refractivity contribution is -0.116. The van der Waals surface area contributed by atoms with E-state index in [2.05, 4.69) is 10.6 Å². The summed E-state index contributed by atoms with van der Waals surface area (Å²) < 4.78 is 5.49. The third kappa shape index (κ3) is 2.93. The Balaban J connectivity index is 1.83. The van der Waals surface area contributed by atoms with Gasteiger partial charge in [-0.3, -0.25) is 9.59 Å². The van der Waals surface area contributed by atoms with Gasteiger partial charge in [-0.05, 0) is 36.8 Å². The van der Waals surface area contributed by atoms with Gasteiger partial charge in [0, 0.05) is 11.3 Å². The minimum absolute atomic E-state index is 0.0962. The molecule has 0 bridgehead atoms. The fraction of sp³-hybridized carbons (Fsp3) is 0.176. The van der Waals surface area contributed by atoms with Crippen molar-refractivity contribution in [2.24, 2.45) is 0 Å². The molecule has 0 aromatic heterocycles. The predicted molar refractivity (Wildman–Crippen MR) is 84.3 cm³/mol. The van der Waals surface area contributed by atoms with Crippen LogP contribution in [0.4, 0.5) is 11.4 Å². The van der Waals surface area contributed by atoms with Crippen molar-refractivity contribution in [3.8, 4) is 5.75 Å². The molecular formula is C17H16N2O3. The summed E-state index contributed by atoms with van der Waals surface area (Å²) in [5.74, 6) is 0.333. The number of rotatable bonds is 2. The first-order chi connectivity index (χ1) is 10.6. The molecule has 2 amide bonds. The van der Waals surface area contributed by atoms with Crippen LogP contribution in [0.5, 0.6) is 5.75 Å². The highest BCUT2D eigenvalue weighted by molar-refractivity contribution is 6.05. The van der Waals surface area contributed by atoms with Crippen LogP contribution in [0.3, 0.4) is 0 Å². The van der Waals surface area contributed by atoms with Gasteiger partial charge in [-0.15, -0.1) is 0 Å². The molecule has 2 N–H and O–H groups in total. The summed E-state index contributed by atoms with van der Waals surface area (Å²) in [6.07, 6.45) is 0.319. The van der Waals surface area contributed by atoms with Crippen LogP contribution in [0.25, 0.3) is 0 Å². The summed E-state index contributed by atoms with van der Waals surface area (Å²) in [7, 11) is 0. The van der Waals surface area contributed by atoms with Crippen LogP contribution in [0.15, 0.2) is 42.5 Å². The van der Waals surface area contributed by atoms with E-state index in [4.69, 9.17) is 4.74 Å². The van der Waals surface area contributed by atoms with Gasteiger partial charge in [0.05, 0.1) is 18.7 Å². The number of carbonyl (C=O) groups is 2. The van der Waals surface area contributed by atoms with Gasteiger partial charge >= 0.3 is 0 Å². The lowest BCUT2D eigenvalue weighted by atomic mass is 10.1. The molecule has 22 heavy (non-hydrogen) atoms. The third-order valence-electron chi connectivity index (χ3n) is 3.49. The first-order valence-electron chi connectivity index (χ1n) is 7.07. The molecule has 1 aliphatic rings. The molecule has 0 unspecified atom stereocenters. The molecule has 3 rings (SSSR count). The molecule has 0 radical (unpaired) electrons. The summed E-state index contributed by atoms with van der Waals surface area (Å²) in [4.78, 5) is 23.9. The van der Waals surface area contributed by atoms with Gasteiger partial charge in [-0.1, -0.05) is 18.2 Å². The van der Waals surface area contributed by atoms with Gasteiger partial charge in [-0.25, -0.2) is 0 Å². The molecule has 0 aliphatic carbocycles. The fourth-order valence-electron chi connectivity index (χ4n) is 2.32. The van der Waals surface area contributed by atoms with Gasteiger partial charge in [0.25, 0.3) is 5.91 Å². The molecule has 1 heterocycles. The molecule has 1 aliphatic heterocycles. The van der Waals surface area contributed by atoms with Gasteiger partial charge in [0.2, 0.25) is 5.91 Å². The molecule has 0 fully saturated rings. The van der Waals surface area contributed by atoms with E-state index in [0.29, 0.717) is 35.7 Å². The van der Waals surface area contributed by atoms with E-state index in [9.17, 15) is 9.59 Å². The normalized spacial score (nSPS) is 13.4. The number of nitrogens with one attached hydrogen (secondary N) is 2. The maximum absolute atomic E-state index is 12.3. The zero-order valence-corrected chi connectivity index (χ0v) is 12.2. The lowest BCUT2D eigenvalue weighted by Gasteiger charge is -2.11. The van der Waals surface area contributed by atoms with E-state index in [0.717, 1.165) is 5.56 Å². The van der Waals surface area contributed by atoms with Gasteiger partial charge < -0.3 is 15.4 Å². The largest absolute Gasteiger partial charge is 0.491 e. The van der Waals surface area contributed by atoms with Crippen LogP contribution in [0.2, 0.25) is 0 Å². The van der Waals surface area contributed by atoms with Gasteiger partial charge in [0.15, 0.2) is 0 Å². The van der Waals surface area contributed by atoms with Crippen molar-refractivity contribution in [2.45, 2.75) is 13.3 Å². The number of fused-ring (bicyclic) bond motifs is 1. The number of amides is 2. The second kappa shape index (κ2) is 5.89. The van der Waals surface area contributed by atoms with E-state index in [1.54, 1.807) is 24.3 Å². The van der Waals surface area contributed by atoms with Crippen molar-refractivity contribution in [1.29, 1.82) is 0 Å². The monoisotopic (exact) mass is 296 g/mol. The number of ether oxygens (including phenoxy) is 1. The molecule has 5 nitrogen and oxygen atoms in total. The summed E-state index contributed by atoms with van der Waals surface area (Å²) >= 11 is 0. The summed E-state index contributed by atoms with van der Waals surface area (Å²) in [6.45, 7) is 2.24. The number of hydrogen-bond acceptors (Lipinski definition) is 3. The fourth-order valence-corrected chi connectivity index (χ4v) is 2.32. The van der Waals surface area contributed by atoms with Crippen molar-refractivity contribution in [1.82, 2.24) is 0 Å². The molecule has 0 atom stereocenters. The number of hydrogen-bond donors (Lipinski definition) is 2. The van der Waals surface area contributed by atoms with E-state index in [1.165, 1.54) is 0 Å². The Kier molecular flexibility index (Phi) is 3.78. The number of aryl methyl sites for hydroxylation is 1. The summed E-state index contributed by atoms with van der Waals surface area (Å²) in [5, 5.41) is 5.61. The van der Waals surface area contributed by atoms with Crippen LogP contribution < -0.4 is 15.4 Å². The first kappa shape index (κ1) is 14.1.